The number of amides is 1. The van der Waals surface area contributed by atoms with Gasteiger partial charge in [-0.3, -0.25) is 4.79 Å². The summed E-state index contributed by atoms with van der Waals surface area (Å²) in [6.07, 6.45) is 4.12. The summed E-state index contributed by atoms with van der Waals surface area (Å²) in [6, 6.07) is 13.7. The summed E-state index contributed by atoms with van der Waals surface area (Å²) in [5, 5.41) is 7.86. The van der Waals surface area contributed by atoms with E-state index in [4.69, 9.17) is 9.26 Å². The van der Waals surface area contributed by atoms with Crippen LogP contribution in [-0.4, -0.2) is 29.7 Å². The second-order valence-electron chi connectivity index (χ2n) is 6.67. The molecule has 2 heterocycles. The van der Waals surface area contributed by atoms with Crippen molar-refractivity contribution in [2.45, 2.75) is 13.3 Å². The van der Waals surface area contributed by atoms with Gasteiger partial charge in [-0.1, -0.05) is 35.0 Å². The maximum Gasteiger partial charge on any atom is 0.256 e. The van der Waals surface area contributed by atoms with E-state index in [0.29, 0.717) is 24.3 Å². The van der Waals surface area contributed by atoms with E-state index in [1.54, 1.807) is 7.11 Å². The molecule has 4 aromatic rings. The summed E-state index contributed by atoms with van der Waals surface area (Å²) in [5.41, 5.74) is 4.58. The molecule has 0 atom stereocenters. The number of nitrogens with one attached hydrogen (secondary N) is 2. The van der Waals surface area contributed by atoms with Gasteiger partial charge in [0.25, 0.3) is 5.91 Å². The summed E-state index contributed by atoms with van der Waals surface area (Å²) in [6.45, 7) is 2.51. The van der Waals surface area contributed by atoms with Crippen LogP contribution in [0.4, 0.5) is 0 Å². The van der Waals surface area contributed by atoms with E-state index in [0.717, 1.165) is 33.3 Å². The van der Waals surface area contributed by atoms with Crippen molar-refractivity contribution < 1.29 is 14.1 Å². The van der Waals surface area contributed by atoms with Crippen molar-refractivity contribution in [3.63, 3.8) is 0 Å². The van der Waals surface area contributed by atoms with Gasteiger partial charge in [0, 0.05) is 29.2 Å². The maximum absolute atomic E-state index is 12.6. The summed E-state index contributed by atoms with van der Waals surface area (Å²) in [4.78, 5) is 15.9. The van der Waals surface area contributed by atoms with E-state index in [2.05, 4.69) is 15.5 Å². The molecular formula is C22H21N3O3. The van der Waals surface area contributed by atoms with Gasteiger partial charge in [0.2, 0.25) is 0 Å². The first-order valence-corrected chi connectivity index (χ1v) is 9.09. The topological polar surface area (TPSA) is 80.1 Å². The third-order valence-electron chi connectivity index (χ3n) is 4.78. The molecule has 0 aliphatic rings. The zero-order valence-corrected chi connectivity index (χ0v) is 15.8. The van der Waals surface area contributed by atoms with Crippen molar-refractivity contribution in [1.82, 2.24) is 15.5 Å². The number of ether oxygens (including phenoxy) is 1. The average molecular weight is 375 g/mol. The Balaban J connectivity index is 1.45. The molecule has 6 heteroatoms. The normalized spacial score (nSPS) is 10.9. The molecular weight excluding hydrogens is 354 g/mol. The lowest BCUT2D eigenvalue weighted by atomic mass is 10.1. The van der Waals surface area contributed by atoms with Gasteiger partial charge in [0.15, 0.2) is 5.76 Å². The minimum absolute atomic E-state index is 0.200. The van der Waals surface area contributed by atoms with Crippen LogP contribution in [0.1, 0.15) is 21.5 Å². The average Bonchev–Trinajstić information content (AvgIpc) is 3.35. The Labute approximate surface area is 162 Å². The maximum atomic E-state index is 12.6. The molecule has 0 unspecified atom stereocenters. The number of fused-ring (bicyclic) bond motifs is 1. The third-order valence-corrected chi connectivity index (χ3v) is 4.78. The fourth-order valence-corrected chi connectivity index (χ4v) is 3.21. The zero-order chi connectivity index (χ0) is 19.5. The quantitative estimate of drug-likeness (QED) is 0.531. The van der Waals surface area contributed by atoms with Gasteiger partial charge in [0.1, 0.15) is 11.3 Å². The van der Waals surface area contributed by atoms with Crippen molar-refractivity contribution >= 4 is 16.8 Å². The van der Waals surface area contributed by atoms with E-state index in [-0.39, 0.29) is 5.91 Å². The number of aromatic amines is 1. The molecule has 0 saturated heterocycles. The van der Waals surface area contributed by atoms with Crippen molar-refractivity contribution in [2.24, 2.45) is 0 Å². The highest BCUT2D eigenvalue weighted by Crippen LogP contribution is 2.25. The number of hydrogen-bond donors (Lipinski definition) is 2. The van der Waals surface area contributed by atoms with Gasteiger partial charge >= 0.3 is 0 Å². The number of aromatic nitrogens is 2. The summed E-state index contributed by atoms with van der Waals surface area (Å²) in [7, 11) is 1.65. The Morgan fingerprint density at radius 2 is 2.04 bits per heavy atom. The SMILES string of the molecule is COc1ccc2[nH]cc(CCNC(=O)c3cnoc3-c3ccc(C)cc3)c2c1. The van der Waals surface area contributed by atoms with E-state index < -0.39 is 0 Å². The summed E-state index contributed by atoms with van der Waals surface area (Å²) >= 11 is 0. The molecule has 0 fully saturated rings. The number of benzene rings is 2. The molecule has 4 rings (SSSR count). The molecule has 142 valence electrons. The number of aryl methyl sites for hydroxylation is 1. The second kappa shape index (κ2) is 7.60. The van der Waals surface area contributed by atoms with Gasteiger partial charge in [-0.2, -0.15) is 0 Å². The lowest BCUT2D eigenvalue weighted by molar-refractivity contribution is 0.0954. The summed E-state index contributed by atoms with van der Waals surface area (Å²) in [5.74, 6) is 1.09. The van der Waals surface area contributed by atoms with Gasteiger partial charge in [-0.15, -0.1) is 0 Å². The highest BCUT2D eigenvalue weighted by Gasteiger charge is 2.17. The lowest BCUT2D eigenvalue weighted by Gasteiger charge is -2.05. The monoisotopic (exact) mass is 375 g/mol. The number of hydrogen-bond acceptors (Lipinski definition) is 4. The van der Waals surface area contributed by atoms with Crippen LogP contribution in [0.25, 0.3) is 22.2 Å². The molecule has 0 aliphatic heterocycles. The molecule has 0 saturated carbocycles. The number of H-pyrrole nitrogens is 1. The highest BCUT2D eigenvalue weighted by atomic mass is 16.5. The first kappa shape index (κ1) is 17.9. The first-order chi connectivity index (χ1) is 13.7. The smallest absolute Gasteiger partial charge is 0.256 e. The van der Waals surface area contributed by atoms with Gasteiger partial charge in [-0.25, -0.2) is 0 Å². The number of carbonyl (C=O) groups is 1. The fourth-order valence-electron chi connectivity index (χ4n) is 3.21. The van der Waals surface area contributed by atoms with Crippen molar-refractivity contribution in [2.75, 3.05) is 13.7 Å². The van der Waals surface area contributed by atoms with Gasteiger partial charge in [-0.05, 0) is 37.1 Å². The van der Waals surface area contributed by atoms with Crippen LogP contribution in [-0.2, 0) is 6.42 Å². The van der Waals surface area contributed by atoms with Gasteiger partial charge < -0.3 is 19.6 Å². The molecule has 0 aliphatic carbocycles. The second-order valence-corrected chi connectivity index (χ2v) is 6.67. The Morgan fingerprint density at radius 3 is 2.82 bits per heavy atom. The molecule has 28 heavy (non-hydrogen) atoms. The molecule has 0 radical (unpaired) electrons. The fraction of sp³-hybridized carbons (Fsp3) is 0.182. The molecule has 6 nitrogen and oxygen atoms in total. The van der Waals surface area contributed by atoms with Gasteiger partial charge in [0.05, 0.1) is 13.3 Å². The van der Waals surface area contributed by atoms with Crippen LogP contribution < -0.4 is 10.1 Å². The van der Waals surface area contributed by atoms with Crippen molar-refractivity contribution in [3.05, 3.63) is 71.5 Å². The lowest BCUT2D eigenvalue weighted by Crippen LogP contribution is -2.25. The minimum Gasteiger partial charge on any atom is -0.497 e. The van der Waals surface area contributed by atoms with Crippen LogP contribution in [0.5, 0.6) is 5.75 Å². The molecule has 2 N–H and O–H groups in total. The van der Waals surface area contributed by atoms with Crippen LogP contribution in [0.15, 0.2) is 59.4 Å². The number of rotatable bonds is 6. The molecule has 1 amide bonds. The number of nitrogens with zero attached hydrogens (tertiary/aromatic N) is 1. The van der Waals surface area contributed by atoms with E-state index in [1.165, 1.54) is 6.20 Å². The Bertz CT molecular complexity index is 1110. The third kappa shape index (κ3) is 3.49. The predicted molar refractivity (Wildman–Crippen MR) is 108 cm³/mol. The van der Waals surface area contributed by atoms with Crippen molar-refractivity contribution in [3.8, 4) is 17.1 Å². The number of carbonyl (C=O) groups excluding carboxylic acids is 1. The first-order valence-electron chi connectivity index (χ1n) is 9.09. The van der Waals surface area contributed by atoms with Crippen LogP contribution in [0.3, 0.4) is 0 Å². The van der Waals surface area contributed by atoms with Crippen molar-refractivity contribution in [1.29, 1.82) is 0 Å². The van der Waals surface area contributed by atoms with Crippen LogP contribution >= 0.6 is 0 Å². The molecule has 2 aromatic heterocycles. The zero-order valence-electron chi connectivity index (χ0n) is 15.8. The Morgan fingerprint density at radius 1 is 1.21 bits per heavy atom. The molecule has 2 aromatic carbocycles. The molecule has 0 spiro atoms. The van der Waals surface area contributed by atoms with E-state index >= 15 is 0 Å². The van der Waals surface area contributed by atoms with Crippen LogP contribution in [0, 0.1) is 6.92 Å². The standard InChI is InChI=1S/C22H21N3O3/c1-14-3-5-15(6-4-14)21-19(13-25-28-21)22(26)23-10-9-16-12-24-20-8-7-17(27-2)11-18(16)20/h3-8,11-13,24H,9-10H2,1-2H3,(H,23,26). The highest BCUT2D eigenvalue weighted by molar-refractivity contribution is 5.99. The van der Waals surface area contributed by atoms with E-state index in [9.17, 15) is 4.79 Å². The summed E-state index contributed by atoms with van der Waals surface area (Å²) < 4.78 is 10.6. The van der Waals surface area contributed by atoms with E-state index in [1.807, 2.05) is 55.6 Å². The molecule has 0 bridgehead atoms. The number of methoxy groups -OCH3 is 1. The minimum atomic E-state index is -0.200. The largest absolute Gasteiger partial charge is 0.497 e. The predicted octanol–water partition coefficient (Wildman–Crippen LogP) is 4.11. The Hall–Kier alpha value is -3.54. The Kier molecular flexibility index (Phi) is 4.85. The van der Waals surface area contributed by atoms with Crippen LogP contribution in [0.2, 0.25) is 0 Å².